The minimum Gasteiger partial charge on any atom is -0.461 e. The van der Waals surface area contributed by atoms with E-state index < -0.39 is 12.2 Å². The summed E-state index contributed by atoms with van der Waals surface area (Å²) in [5.41, 5.74) is 9.05. The normalized spacial score (nSPS) is 17.7. The fourth-order valence-electron chi connectivity index (χ4n) is 5.10. The highest BCUT2D eigenvalue weighted by atomic mass is 16.6. The monoisotopic (exact) mass is 599 g/mol. The van der Waals surface area contributed by atoms with Crippen molar-refractivity contribution < 1.29 is 28.6 Å². The average Bonchev–Trinajstić information content (AvgIpc) is 3.42. The zero-order chi connectivity index (χ0) is 30.7. The van der Waals surface area contributed by atoms with E-state index >= 15 is 0 Å². The highest BCUT2D eigenvalue weighted by Crippen LogP contribution is 2.23. The number of nitrogens with two attached hydrogens (primary N) is 1. The molecule has 0 radical (unpaired) electrons. The van der Waals surface area contributed by atoms with Gasteiger partial charge in [0.05, 0.1) is 13.0 Å². The molecule has 0 bridgehead atoms. The third kappa shape index (κ3) is 8.88. The maximum atomic E-state index is 12.6. The number of cyclic esters (lactones) is 1. The molecule has 2 fully saturated rings. The lowest BCUT2D eigenvalue weighted by atomic mass is 10.1. The summed E-state index contributed by atoms with van der Waals surface area (Å²) >= 11 is 0. The number of aliphatic imine (C=N–C) groups is 1. The molecule has 0 aromatic heterocycles. The number of anilines is 1. The van der Waals surface area contributed by atoms with Crippen molar-refractivity contribution in [3.8, 4) is 0 Å². The number of rotatable bonds is 11. The second-order valence-electron chi connectivity index (χ2n) is 10.7. The van der Waals surface area contributed by atoms with E-state index in [4.69, 9.17) is 19.9 Å². The molecule has 1 unspecified atom stereocenters. The number of carbonyl (C=O) groups excluding carboxylic acids is 3. The van der Waals surface area contributed by atoms with Gasteiger partial charge in [0.2, 0.25) is 0 Å². The number of amides is 2. The molecule has 11 nitrogen and oxygen atoms in total. The van der Waals surface area contributed by atoms with Gasteiger partial charge in [0.15, 0.2) is 0 Å². The number of hydrogen-bond acceptors (Lipinski definition) is 8. The standard InChI is InChI=1S/C33H37N5O6/c34-31(35-32(40)43-24-26-9-5-2-6-10-26)27-11-13-28(14-12-27)38-22-29(44-33(38)41)21-37-19-17-36(18-20-37)16-15-30(39)42-23-25-7-3-1-4-8-25/h1-14,29H,15-24H2,(H2,34,35,40). The van der Waals surface area contributed by atoms with Crippen molar-refractivity contribution in [2.24, 2.45) is 10.7 Å². The van der Waals surface area contributed by atoms with Crippen LogP contribution in [-0.4, -0.2) is 85.7 Å². The largest absolute Gasteiger partial charge is 0.461 e. The van der Waals surface area contributed by atoms with Gasteiger partial charge >= 0.3 is 18.2 Å². The SMILES string of the molecule is NC(=NC(=O)OCc1ccccc1)c1ccc(N2CC(CN3CCN(CCC(=O)OCc4ccccc4)CC3)OC2=O)cc1. The Morgan fingerprint density at radius 2 is 1.41 bits per heavy atom. The van der Waals surface area contributed by atoms with Crippen molar-refractivity contribution in [2.75, 3.05) is 50.7 Å². The smallest absolute Gasteiger partial charge is 0.435 e. The van der Waals surface area contributed by atoms with E-state index in [9.17, 15) is 14.4 Å². The van der Waals surface area contributed by atoms with Gasteiger partial charge in [0.1, 0.15) is 25.2 Å². The fourth-order valence-corrected chi connectivity index (χ4v) is 5.10. The predicted octanol–water partition coefficient (Wildman–Crippen LogP) is 3.81. The lowest BCUT2D eigenvalue weighted by Crippen LogP contribution is -2.49. The first kappa shape index (κ1) is 30.7. The Morgan fingerprint density at radius 1 is 0.818 bits per heavy atom. The molecule has 230 valence electrons. The van der Waals surface area contributed by atoms with Gasteiger partial charge in [0.25, 0.3) is 0 Å². The molecule has 11 heteroatoms. The summed E-state index contributed by atoms with van der Waals surface area (Å²) in [4.78, 5) is 46.8. The quantitative estimate of drug-likeness (QED) is 0.152. The Bertz CT molecular complexity index is 1430. The summed E-state index contributed by atoms with van der Waals surface area (Å²) in [6, 6.07) is 25.9. The van der Waals surface area contributed by atoms with E-state index in [0.29, 0.717) is 43.9 Å². The molecule has 2 N–H and O–H groups in total. The number of benzene rings is 3. The van der Waals surface area contributed by atoms with Crippen molar-refractivity contribution in [1.29, 1.82) is 0 Å². The number of amidine groups is 1. The van der Waals surface area contributed by atoms with E-state index in [1.165, 1.54) is 0 Å². The summed E-state index contributed by atoms with van der Waals surface area (Å²) < 4.78 is 16.2. The van der Waals surface area contributed by atoms with Crippen LogP contribution in [0.25, 0.3) is 0 Å². The third-order valence-corrected chi connectivity index (χ3v) is 7.57. The Labute approximate surface area is 256 Å². The Kier molecular flexibility index (Phi) is 10.6. The van der Waals surface area contributed by atoms with Crippen LogP contribution in [0.1, 0.15) is 23.1 Å². The van der Waals surface area contributed by atoms with Gasteiger partial charge in [-0.3, -0.25) is 14.6 Å². The number of esters is 1. The number of carbonyl (C=O) groups is 3. The molecular weight excluding hydrogens is 562 g/mol. The fraction of sp³-hybridized carbons (Fsp3) is 0.333. The van der Waals surface area contributed by atoms with Gasteiger partial charge in [-0.25, -0.2) is 9.59 Å². The van der Waals surface area contributed by atoms with Crippen LogP contribution in [0.4, 0.5) is 15.3 Å². The van der Waals surface area contributed by atoms with Gasteiger partial charge in [-0.2, -0.15) is 4.99 Å². The second kappa shape index (κ2) is 15.1. The molecule has 2 amide bonds. The molecule has 0 spiro atoms. The summed E-state index contributed by atoms with van der Waals surface area (Å²) in [7, 11) is 0. The van der Waals surface area contributed by atoms with Crippen LogP contribution < -0.4 is 10.6 Å². The minimum absolute atomic E-state index is 0.0275. The van der Waals surface area contributed by atoms with Crippen LogP contribution in [0.5, 0.6) is 0 Å². The van der Waals surface area contributed by atoms with E-state index in [1.807, 2.05) is 60.7 Å². The zero-order valence-corrected chi connectivity index (χ0v) is 24.5. The predicted molar refractivity (Wildman–Crippen MR) is 165 cm³/mol. The molecular formula is C33H37N5O6. The molecule has 3 aromatic carbocycles. The van der Waals surface area contributed by atoms with Crippen LogP contribution in [0, 0.1) is 0 Å². The van der Waals surface area contributed by atoms with Crippen LogP contribution >= 0.6 is 0 Å². The summed E-state index contributed by atoms with van der Waals surface area (Å²) in [6.45, 7) is 5.45. The highest BCUT2D eigenvalue weighted by Gasteiger charge is 2.34. The summed E-state index contributed by atoms with van der Waals surface area (Å²) in [6.07, 6.45) is -1.07. The number of piperazine rings is 1. The molecule has 2 aliphatic rings. The van der Waals surface area contributed by atoms with Gasteiger partial charge in [-0.15, -0.1) is 0 Å². The minimum atomic E-state index is -0.774. The topological polar surface area (TPSA) is 127 Å². The average molecular weight is 600 g/mol. The molecule has 2 heterocycles. The number of ether oxygens (including phenoxy) is 3. The van der Waals surface area contributed by atoms with E-state index in [-0.39, 0.29) is 24.5 Å². The van der Waals surface area contributed by atoms with E-state index in [1.54, 1.807) is 29.2 Å². The maximum absolute atomic E-state index is 12.6. The second-order valence-corrected chi connectivity index (χ2v) is 10.7. The van der Waals surface area contributed by atoms with Crippen molar-refractivity contribution >= 4 is 29.7 Å². The Hall–Kier alpha value is -4.74. The van der Waals surface area contributed by atoms with Gasteiger partial charge in [0, 0.05) is 50.5 Å². The van der Waals surface area contributed by atoms with Crippen LogP contribution in [0.3, 0.4) is 0 Å². The molecule has 0 saturated carbocycles. The zero-order valence-electron chi connectivity index (χ0n) is 24.5. The van der Waals surface area contributed by atoms with Crippen molar-refractivity contribution in [3.63, 3.8) is 0 Å². The van der Waals surface area contributed by atoms with Gasteiger partial charge < -0.3 is 24.8 Å². The molecule has 2 saturated heterocycles. The van der Waals surface area contributed by atoms with E-state index in [2.05, 4.69) is 14.8 Å². The number of nitrogens with zero attached hydrogens (tertiary/aromatic N) is 4. The van der Waals surface area contributed by atoms with Crippen LogP contribution in [0.15, 0.2) is 89.9 Å². The van der Waals surface area contributed by atoms with Crippen molar-refractivity contribution in [1.82, 2.24) is 9.80 Å². The van der Waals surface area contributed by atoms with E-state index in [0.717, 1.165) is 37.3 Å². The Balaban J connectivity index is 1.02. The highest BCUT2D eigenvalue weighted by molar-refractivity contribution is 6.03. The number of hydrogen-bond donors (Lipinski definition) is 1. The lowest BCUT2D eigenvalue weighted by Gasteiger charge is -2.35. The van der Waals surface area contributed by atoms with Crippen LogP contribution in [0.2, 0.25) is 0 Å². The maximum Gasteiger partial charge on any atom is 0.435 e. The molecule has 44 heavy (non-hydrogen) atoms. The van der Waals surface area contributed by atoms with Gasteiger partial charge in [-0.1, -0.05) is 60.7 Å². The van der Waals surface area contributed by atoms with Crippen LogP contribution in [-0.2, 0) is 32.2 Å². The van der Waals surface area contributed by atoms with Crippen molar-refractivity contribution in [3.05, 3.63) is 102 Å². The summed E-state index contributed by atoms with van der Waals surface area (Å²) in [5, 5.41) is 0. The Morgan fingerprint density at radius 3 is 2.05 bits per heavy atom. The molecule has 3 aromatic rings. The molecule has 5 rings (SSSR count). The first-order chi connectivity index (χ1) is 21.4. The molecule has 0 aliphatic carbocycles. The first-order valence-electron chi connectivity index (χ1n) is 14.7. The third-order valence-electron chi connectivity index (χ3n) is 7.57. The molecule has 2 aliphatic heterocycles. The van der Waals surface area contributed by atoms with Crippen molar-refractivity contribution in [2.45, 2.75) is 25.7 Å². The lowest BCUT2D eigenvalue weighted by molar-refractivity contribution is -0.145. The first-order valence-corrected chi connectivity index (χ1v) is 14.7. The van der Waals surface area contributed by atoms with Gasteiger partial charge in [-0.05, 0) is 35.4 Å². The molecule has 1 atom stereocenters. The summed E-state index contributed by atoms with van der Waals surface area (Å²) in [5.74, 6) is -0.168.